The highest BCUT2D eigenvalue weighted by Crippen LogP contribution is 2.33. The number of piperidine rings is 1. The van der Waals surface area contributed by atoms with Crippen LogP contribution >= 0.6 is 0 Å². The molecule has 0 unspecified atom stereocenters. The number of nitrogens with zero attached hydrogens (tertiary/aromatic N) is 2. The number of pyridine rings is 1. The van der Waals surface area contributed by atoms with Crippen LogP contribution in [-0.4, -0.2) is 41.1 Å². The maximum Gasteiger partial charge on any atom is 0.249 e. The zero-order valence-electron chi connectivity index (χ0n) is 15.1. The van der Waals surface area contributed by atoms with Gasteiger partial charge in [0, 0.05) is 12.7 Å². The van der Waals surface area contributed by atoms with Crippen molar-refractivity contribution in [1.29, 1.82) is 0 Å². The molecule has 3 atom stereocenters. The zero-order chi connectivity index (χ0) is 17.9. The van der Waals surface area contributed by atoms with Gasteiger partial charge in [-0.2, -0.15) is 0 Å². The van der Waals surface area contributed by atoms with Crippen LogP contribution in [0.5, 0.6) is 0 Å². The lowest BCUT2D eigenvalue weighted by Gasteiger charge is -2.33. The van der Waals surface area contributed by atoms with Crippen molar-refractivity contribution in [3.63, 3.8) is 0 Å². The van der Waals surface area contributed by atoms with Gasteiger partial charge in [0.25, 0.3) is 0 Å². The number of carbonyl (C=O) groups excluding carboxylic acids is 1. The molecule has 6 nitrogen and oxygen atoms in total. The molecule has 2 aliphatic rings. The number of likely N-dealkylation sites (tertiary alicyclic amines) is 1. The average molecular weight is 355 g/mol. The van der Waals surface area contributed by atoms with Crippen LogP contribution in [0.4, 0.5) is 0 Å². The standard InChI is InChI=1S/C20H25N3O3/c1-14-5-6-17(25-14)12-23-9-7-15-10-18(26-19(15)13-23)20(24)22-11-16-4-2-3-8-21-16/h2-6,8,15,18-19H,7,9-13H2,1H3,(H,22,24)/t15-,18-,19+/m0/s1. The Hall–Kier alpha value is -2.18. The Labute approximate surface area is 153 Å². The number of fused-ring (bicyclic) bond motifs is 1. The van der Waals surface area contributed by atoms with E-state index >= 15 is 0 Å². The maximum atomic E-state index is 12.4. The van der Waals surface area contributed by atoms with E-state index in [1.54, 1.807) is 6.20 Å². The van der Waals surface area contributed by atoms with Crippen molar-refractivity contribution in [1.82, 2.24) is 15.2 Å². The van der Waals surface area contributed by atoms with Crippen molar-refractivity contribution in [3.8, 4) is 0 Å². The van der Waals surface area contributed by atoms with Crippen LogP contribution in [0.15, 0.2) is 40.9 Å². The Bertz CT molecular complexity index is 746. The molecule has 6 heteroatoms. The van der Waals surface area contributed by atoms with E-state index in [1.807, 2.05) is 37.3 Å². The number of furan rings is 1. The van der Waals surface area contributed by atoms with Crippen LogP contribution in [0.2, 0.25) is 0 Å². The molecular weight excluding hydrogens is 330 g/mol. The molecule has 0 aromatic carbocycles. The van der Waals surface area contributed by atoms with Gasteiger partial charge < -0.3 is 14.5 Å². The molecule has 2 saturated heterocycles. The van der Waals surface area contributed by atoms with Gasteiger partial charge in [0.05, 0.1) is 24.9 Å². The predicted molar refractivity (Wildman–Crippen MR) is 96.2 cm³/mol. The maximum absolute atomic E-state index is 12.4. The normalized spacial score (nSPS) is 25.8. The van der Waals surface area contributed by atoms with Crippen molar-refractivity contribution < 1.29 is 13.9 Å². The monoisotopic (exact) mass is 355 g/mol. The first kappa shape index (κ1) is 17.2. The summed E-state index contributed by atoms with van der Waals surface area (Å²) < 4.78 is 11.8. The Morgan fingerprint density at radius 2 is 2.27 bits per heavy atom. The molecule has 138 valence electrons. The first-order chi connectivity index (χ1) is 12.7. The van der Waals surface area contributed by atoms with Gasteiger partial charge in [-0.1, -0.05) is 6.07 Å². The van der Waals surface area contributed by atoms with E-state index in [9.17, 15) is 4.79 Å². The Morgan fingerprint density at radius 3 is 3.04 bits per heavy atom. The predicted octanol–water partition coefficient (Wildman–Crippen LogP) is 2.28. The molecule has 4 heterocycles. The molecule has 0 bridgehead atoms. The highest BCUT2D eigenvalue weighted by atomic mass is 16.5. The topological polar surface area (TPSA) is 67.6 Å². The molecule has 0 spiro atoms. The van der Waals surface area contributed by atoms with E-state index in [1.165, 1.54) is 0 Å². The van der Waals surface area contributed by atoms with Crippen molar-refractivity contribution in [2.75, 3.05) is 13.1 Å². The lowest BCUT2D eigenvalue weighted by molar-refractivity contribution is -0.133. The van der Waals surface area contributed by atoms with Crippen LogP contribution in [-0.2, 0) is 22.6 Å². The average Bonchev–Trinajstić information content (AvgIpc) is 3.26. The van der Waals surface area contributed by atoms with Crippen molar-refractivity contribution in [2.45, 2.75) is 45.1 Å². The number of amides is 1. The molecule has 26 heavy (non-hydrogen) atoms. The fraction of sp³-hybridized carbons (Fsp3) is 0.500. The Morgan fingerprint density at radius 1 is 1.35 bits per heavy atom. The second-order valence-corrected chi connectivity index (χ2v) is 7.23. The Kier molecular flexibility index (Phi) is 5.04. The molecule has 0 saturated carbocycles. The highest BCUT2D eigenvalue weighted by Gasteiger charge is 2.41. The smallest absolute Gasteiger partial charge is 0.249 e. The van der Waals surface area contributed by atoms with E-state index in [4.69, 9.17) is 9.15 Å². The molecule has 0 radical (unpaired) electrons. The van der Waals surface area contributed by atoms with Crippen LogP contribution in [0, 0.1) is 12.8 Å². The second-order valence-electron chi connectivity index (χ2n) is 7.23. The molecule has 2 aromatic rings. The van der Waals surface area contributed by atoms with Gasteiger partial charge in [0.2, 0.25) is 5.91 Å². The van der Waals surface area contributed by atoms with E-state index in [-0.39, 0.29) is 18.1 Å². The summed E-state index contributed by atoms with van der Waals surface area (Å²) >= 11 is 0. The molecule has 1 N–H and O–H groups in total. The third-order valence-corrected chi connectivity index (χ3v) is 5.27. The first-order valence-corrected chi connectivity index (χ1v) is 9.28. The SMILES string of the molecule is Cc1ccc(CN2CC[C@H]3C[C@@H](C(=O)NCc4ccccn4)O[C@@H]3C2)o1. The molecule has 2 aliphatic heterocycles. The summed E-state index contributed by atoms with van der Waals surface area (Å²) in [5.41, 5.74) is 0.858. The fourth-order valence-corrected chi connectivity index (χ4v) is 3.89. The zero-order valence-corrected chi connectivity index (χ0v) is 15.1. The minimum Gasteiger partial charge on any atom is -0.465 e. The molecule has 1 amide bonds. The lowest BCUT2D eigenvalue weighted by Crippen LogP contribution is -2.42. The molecule has 2 fully saturated rings. The number of nitrogens with one attached hydrogen (secondary N) is 1. The number of hydrogen-bond acceptors (Lipinski definition) is 5. The van der Waals surface area contributed by atoms with E-state index in [0.29, 0.717) is 12.5 Å². The third-order valence-electron chi connectivity index (χ3n) is 5.27. The minimum atomic E-state index is -0.348. The van der Waals surface area contributed by atoms with Gasteiger partial charge in [-0.05, 0) is 56.5 Å². The van der Waals surface area contributed by atoms with E-state index < -0.39 is 0 Å². The minimum absolute atomic E-state index is 0.0294. The van der Waals surface area contributed by atoms with Gasteiger partial charge in [0.15, 0.2) is 0 Å². The van der Waals surface area contributed by atoms with E-state index in [2.05, 4.69) is 15.2 Å². The van der Waals surface area contributed by atoms with Crippen molar-refractivity contribution in [2.24, 2.45) is 5.92 Å². The molecule has 0 aliphatic carbocycles. The number of aryl methyl sites for hydroxylation is 1. The van der Waals surface area contributed by atoms with E-state index in [0.717, 1.165) is 49.7 Å². The first-order valence-electron chi connectivity index (χ1n) is 9.28. The summed E-state index contributed by atoms with van der Waals surface area (Å²) in [4.78, 5) is 19.0. The molecular formula is C20H25N3O3. The van der Waals surface area contributed by atoms with Crippen LogP contribution in [0.25, 0.3) is 0 Å². The number of hydrogen-bond donors (Lipinski definition) is 1. The number of aromatic nitrogens is 1. The van der Waals surface area contributed by atoms with Crippen LogP contribution < -0.4 is 5.32 Å². The van der Waals surface area contributed by atoms with Crippen molar-refractivity contribution in [3.05, 3.63) is 53.7 Å². The van der Waals surface area contributed by atoms with Gasteiger partial charge in [-0.15, -0.1) is 0 Å². The van der Waals surface area contributed by atoms with Crippen LogP contribution in [0.1, 0.15) is 30.1 Å². The molecule has 4 rings (SSSR count). The second kappa shape index (κ2) is 7.60. The summed E-state index contributed by atoms with van der Waals surface area (Å²) in [6.45, 7) is 5.08. The summed E-state index contributed by atoms with van der Waals surface area (Å²) in [6.07, 6.45) is 3.39. The lowest BCUT2D eigenvalue weighted by atomic mass is 9.91. The van der Waals surface area contributed by atoms with Gasteiger partial charge in [-0.3, -0.25) is 14.7 Å². The van der Waals surface area contributed by atoms with Gasteiger partial charge >= 0.3 is 0 Å². The summed E-state index contributed by atoms with van der Waals surface area (Å²) in [7, 11) is 0. The summed E-state index contributed by atoms with van der Waals surface area (Å²) in [6, 6.07) is 9.72. The third kappa shape index (κ3) is 3.97. The highest BCUT2D eigenvalue weighted by molar-refractivity contribution is 5.81. The molecule has 2 aromatic heterocycles. The summed E-state index contributed by atoms with van der Waals surface area (Å²) in [5.74, 6) is 2.37. The van der Waals surface area contributed by atoms with Gasteiger partial charge in [-0.25, -0.2) is 0 Å². The van der Waals surface area contributed by atoms with Gasteiger partial charge in [0.1, 0.15) is 17.6 Å². The number of carbonyl (C=O) groups is 1. The summed E-state index contributed by atoms with van der Waals surface area (Å²) in [5, 5.41) is 2.95. The van der Waals surface area contributed by atoms with Crippen LogP contribution in [0.3, 0.4) is 0 Å². The quantitative estimate of drug-likeness (QED) is 0.891. The number of ether oxygens (including phenoxy) is 1. The fourth-order valence-electron chi connectivity index (χ4n) is 3.89. The van der Waals surface area contributed by atoms with Crippen molar-refractivity contribution >= 4 is 5.91 Å². The number of rotatable bonds is 5. The largest absolute Gasteiger partial charge is 0.465 e. The Balaban J connectivity index is 1.28.